The van der Waals surface area contributed by atoms with E-state index in [2.05, 4.69) is 5.43 Å². The molecule has 0 fully saturated rings. The zero-order valence-electron chi connectivity index (χ0n) is 11.8. The molecule has 1 aromatic carbocycles. The topological polar surface area (TPSA) is 78.6 Å². The normalized spacial score (nSPS) is 13.4. The van der Waals surface area contributed by atoms with Gasteiger partial charge in [0, 0.05) is 6.54 Å². The molecule has 0 aliphatic heterocycles. The molecule has 1 aromatic rings. The molecule has 0 saturated carbocycles. The molecule has 1 atom stereocenters. The second-order valence-corrected chi connectivity index (χ2v) is 5.20. The van der Waals surface area contributed by atoms with Crippen LogP contribution in [0.3, 0.4) is 0 Å². The average molecular weight is 265 g/mol. The molecule has 4 N–H and O–H groups in total. The Balaban J connectivity index is 3.05. The largest absolute Gasteiger partial charge is 0.389 e. The van der Waals surface area contributed by atoms with Crippen LogP contribution in [-0.4, -0.2) is 34.6 Å². The van der Waals surface area contributed by atoms with E-state index in [1.807, 2.05) is 42.2 Å². The van der Waals surface area contributed by atoms with Crippen LogP contribution in [0.4, 0.5) is 0 Å². The van der Waals surface area contributed by atoms with Crippen molar-refractivity contribution >= 4 is 5.91 Å². The van der Waals surface area contributed by atoms with E-state index in [4.69, 9.17) is 5.84 Å². The summed E-state index contributed by atoms with van der Waals surface area (Å²) in [6.45, 7) is 6.41. The van der Waals surface area contributed by atoms with Crippen molar-refractivity contribution in [2.75, 3.05) is 13.1 Å². The first-order valence-corrected chi connectivity index (χ1v) is 6.41. The van der Waals surface area contributed by atoms with Gasteiger partial charge in [0.1, 0.15) is 6.04 Å². The third-order valence-electron chi connectivity index (χ3n) is 2.87. The van der Waals surface area contributed by atoms with Crippen molar-refractivity contribution < 1.29 is 9.90 Å². The SMILES string of the molecule is CCN(CC(C)(C)O)C(C(=O)NN)c1ccccc1. The molecule has 1 unspecified atom stereocenters. The maximum Gasteiger partial charge on any atom is 0.255 e. The Morgan fingerprint density at radius 3 is 2.42 bits per heavy atom. The summed E-state index contributed by atoms with van der Waals surface area (Å²) >= 11 is 0. The number of nitrogens with zero attached hydrogens (tertiary/aromatic N) is 1. The molecule has 19 heavy (non-hydrogen) atoms. The Labute approximate surface area is 114 Å². The molecule has 0 bridgehead atoms. The summed E-state index contributed by atoms with van der Waals surface area (Å²) in [5.74, 6) is 5.00. The molecule has 1 rings (SSSR count). The van der Waals surface area contributed by atoms with Gasteiger partial charge in [-0.15, -0.1) is 0 Å². The van der Waals surface area contributed by atoms with Crippen LogP contribution in [0.1, 0.15) is 32.4 Å². The monoisotopic (exact) mass is 265 g/mol. The summed E-state index contributed by atoms with van der Waals surface area (Å²) in [6, 6.07) is 8.92. The molecule has 0 aliphatic carbocycles. The van der Waals surface area contributed by atoms with Crippen LogP contribution in [0.15, 0.2) is 30.3 Å². The Morgan fingerprint density at radius 2 is 2.00 bits per heavy atom. The van der Waals surface area contributed by atoms with Crippen LogP contribution in [0, 0.1) is 0 Å². The zero-order valence-corrected chi connectivity index (χ0v) is 11.8. The van der Waals surface area contributed by atoms with Gasteiger partial charge >= 0.3 is 0 Å². The minimum atomic E-state index is -0.877. The molecule has 0 saturated heterocycles. The van der Waals surface area contributed by atoms with E-state index in [0.29, 0.717) is 13.1 Å². The Bertz CT molecular complexity index is 401. The predicted molar refractivity (Wildman–Crippen MR) is 75.1 cm³/mol. The molecule has 0 aliphatic rings. The number of aliphatic hydroxyl groups is 1. The first-order valence-electron chi connectivity index (χ1n) is 6.41. The number of rotatable bonds is 6. The lowest BCUT2D eigenvalue weighted by atomic mass is 10.0. The molecule has 0 heterocycles. The number of hydrogen-bond donors (Lipinski definition) is 3. The lowest BCUT2D eigenvalue weighted by molar-refractivity contribution is -0.127. The minimum absolute atomic E-state index is 0.280. The van der Waals surface area contributed by atoms with Crippen LogP contribution in [0.5, 0.6) is 0 Å². The number of likely N-dealkylation sites (N-methyl/N-ethyl adjacent to an activating group) is 1. The molecular weight excluding hydrogens is 242 g/mol. The van der Waals surface area contributed by atoms with Crippen molar-refractivity contribution in [1.29, 1.82) is 0 Å². The fraction of sp³-hybridized carbons (Fsp3) is 0.500. The second-order valence-electron chi connectivity index (χ2n) is 5.20. The van der Waals surface area contributed by atoms with Gasteiger partial charge in [-0.05, 0) is 26.0 Å². The van der Waals surface area contributed by atoms with E-state index in [1.165, 1.54) is 0 Å². The van der Waals surface area contributed by atoms with Crippen molar-refractivity contribution in [3.8, 4) is 0 Å². The van der Waals surface area contributed by atoms with E-state index in [0.717, 1.165) is 5.56 Å². The molecule has 0 aromatic heterocycles. The Morgan fingerprint density at radius 1 is 1.42 bits per heavy atom. The number of hydrogen-bond acceptors (Lipinski definition) is 4. The number of amides is 1. The van der Waals surface area contributed by atoms with Crippen molar-refractivity contribution in [1.82, 2.24) is 10.3 Å². The van der Waals surface area contributed by atoms with Crippen molar-refractivity contribution in [2.24, 2.45) is 5.84 Å². The van der Waals surface area contributed by atoms with Gasteiger partial charge in [-0.1, -0.05) is 37.3 Å². The smallest absolute Gasteiger partial charge is 0.255 e. The van der Waals surface area contributed by atoms with Crippen LogP contribution in [0.25, 0.3) is 0 Å². The van der Waals surface area contributed by atoms with E-state index in [-0.39, 0.29) is 5.91 Å². The summed E-state index contributed by atoms with van der Waals surface area (Å²) in [5, 5.41) is 9.96. The highest BCUT2D eigenvalue weighted by Crippen LogP contribution is 2.22. The van der Waals surface area contributed by atoms with Crippen LogP contribution in [0.2, 0.25) is 0 Å². The lowest BCUT2D eigenvalue weighted by Gasteiger charge is -2.33. The second kappa shape index (κ2) is 6.65. The van der Waals surface area contributed by atoms with Gasteiger partial charge in [0.2, 0.25) is 0 Å². The third-order valence-corrected chi connectivity index (χ3v) is 2.87. The highest BCUT2D eigenvalue weighted by atomic mass is 16.3. The van der Waals surface area contributed by atoms with Crippen molar-refractivity contribution in [2.45, 2.75) is 32.4 Å². The summed E-state index contributed by atoms with van der Waals surface area (Å²) in [5.41, 5.74) is 2.18. The number of benzene rings is 1. The number of nitrogens with two attached hydrogens (primary N) is 1. The van der Waals surface area contributed by atoms with E-state index in [1.54, 1.807) is 13.8 Å². The molecule has 5 nitrogen and oxygen atoms in total. The highest BCUT2D eigenvalue weighted by molar-refractivity contribution is 5.82. The van der Waals surface area contributed by atoms with Gasteiger partial charge in [-0.3, -0.25) is 15.1 Å². The Kier molecular flexibility index (Phi) is 5.47. The van der Waals surface area contributed by atoms with Crippen LogP contribution < -0.4 is 11.3 Å². The van der Waals surface area contributed by atoms with E-state index >= 15 is 0 Å². The van der Waals surface area contributed by atoms with Gasteiger partial charge in [0.25, 0.3) is 5.91 Å². The third kappa shape index (κ3) is 4.63. The average Bonchev–Trinajstić information content (AvgIpc) is 2.37. The zero-order chi connectivity index (χ0) is 14.5. The summed E-state index contributed by atoms with van der Waals surface area (Å²) in [7, 11) is 0. The summed E-state index contributed by atoms with van der Waals surface area (Å²) < 4.78 is 0. The summed E-state index contributed by atoms with van der Waals surface area (Å²) in [4.78, 5) is 13.9. The van der Waals surface area contributed by atoms with Gasteiger partial charge in [-0.25, -0.2) is 5.84 Å². The maximum atomic E-state index is 12.0. The van der Waals surface area contributed by atoms with Crippen LogP contribution in [-0.2, 0) is 4.79 Å². The first kappa shape index (κ1) is 15.6. The molecular formula is C14H23N3O2. The standard InChI is InChI=1S/C14H23N3O2/c1-4-17(10-14(2,3)19)12(13(18)16-15)11-8-6-5-7-9-11/h5-9,12,19H,4,10,15H2,1-3H3,(H,16,18). The first-order chi connectivity index (χ1) is 8.89. The highest BCUT2D eigenvalue weighted by Gasteiger charge is 2.29. The fourth-order valence-corrected chi connectivity index (χ4v) is 2.12. The number of carbonyl (C=O) groups excluding carboxylic acids is 1. The predicted octanol–water partition coefficient (Wildman–Crippen LogP) is 0.810. The fourth-order valence-electron chi connectivity index (χ4n) is 2.12. The lowest BCUT2D eigenvalue weighted by Crippen LogP contribution is -2.47. The van der Waals surface area contributed by atoms with Crippen molar-refractivity contribution in [3.63, 3.8) is 0 Å². The number of hydrazine groups is 1. The van der Waals surface area contributed by atoms with Gasteiger partial charge < -0.3 is 5.11 Å². The van der Waals surface area contributed by atoms with Crippen molar-refractivity contribution in [3.05, 3.63) is 35.9 Å². The minimum Gasteiger partial charge on any atom is -0.389 e. The van der Waals surface area contributed by atoms with Gasteiger partial charge in [-0.2, -0.15) is 0 Å². The maximum absolute atomic E-state index is 12.0. The molecule has 1 amide bonds. The molecule has 106 valence electrons. The Hall–Kier alpha value is -1.43. The summed E-state index contributed by atoms with van der Waals surface area (Å²) in [6.07, 6.45) is 0. The number of nitrogens with one attached hydrogen (secondary N) is 1. The molecule has 0 radical (unpaired) electrons. The van der Waals surface area contributed by atoms with E-state index < -0.39 is 11.6 Å². The molecule has 5 heteroatoms. The van der Waals surface area contributed by atoms with Crippen LogP contribution >= 0.6 is 0 Å². The number of carbonyl (C=O) groups is 1. The van der Waals surface area contributed by atoms with Gasteiger partial charge in [0.15, 0.2) is 0 Å². The quantitative estimate of drug-likeness (QED) is 0.404. The van der Waals surface area contributed by atoms with Gasteiger partial charge in [0.05, 0.1) is 5.60 Å². The molecule has 0 spiro atoms. The van der Waals surface area contributed by atoms with E-state index in [9.17, 15) is 9.90 Å².